The highest BCUT2D eigenvalue weighted by molar-refractivity contribution is 7.09. The van der Waals surface area contributed by atoms with Gasteiger partial charge in [0.1, 0.15) is 11.0 Å². The molecule has 1 aliphatic carbocycles. The van der Waals surface area contributed by atoms with Crippen LogP contribution in [0.2, 0.25) is 0 Å². The molecule has 1 saturated carbocycles. The Morgan fingerprint density at radius 2 is 1.82 bits per heavy atom. The number of aromatic carboxylic acids is 1. The fourth-order valence-corrected chi connectivity index (χ4v) is 6.24. The maximum Gasteiger partial charge on any atom is 0.355 e. The number of hydrogen-bond acceptors (Lipinski definition) is 7. The van der Waals surface area contributed by atoms with Crippen LogP contribution in [0.1, 0.15) is 121 Å². The summed E-state index contributed by atoms with van der Waals surface area (Å²) in [6.07, 6.45) is 6.98. The molecule has 0 aliphatic heterocycles. The number of nitrogens with zero attached hydrogens (tertiary/aromatic N) is 2. The van der Waals surface area contributed by atoms with Gasteiger partial charge in [0, 0.05) is 37.2 Å². The van der Waals surface area contributed by atoms with Crippen LogP contribution in [0.15, 0.2) is 5.38 Å². The Morgan fingerprint density at radius 3 is 2.33 bits per heavy atom. The summed E-state index contributed by atoms with van der Waals surface area (Å²) in [6, 6.07) is -1.05. The Morgan fingerprint density at radius 1 is 1.20 bits per heavy atom. The van der Waals surface area contributed by atoms with Gasteiger partial charge in [0.15, 0.2) is 11.8 Å². The third kappa shape index (κ3) is 9.28. The number of likely N-dealkylation sites (N-methyl/N-ethyl adjacent to an activating group) is 1. The molecule has 0 aromatic carbocycles. The molecule has 1 aliphatic rings. The average Bonchev–Trinajstić information content (AvgIpc) is 3.59. The zero-order chi connectivity index (χ0) is 30.2. The van der Waals surface area contributed by atoms with Crippen LogP contribution < -0.4 is 5.32 Å². The third-order valence-electron chi connectivity index (χ3n) is 8.43. The molecule has 9 nitrogen and oxygen atoms in total. The zero-order valence-corrected chi connectivity index (χ0v) is 26.3. The van der Waals surface area contributed by atoms with Crippen molar-refractivity contribution in [1.82, 2.24) is 15.2 Å². The van der Waals surface area contributed by atoms with Crippen molar-refractivity contribution in [3.05, 3.63) is 16.1 Å². The standard InChI is InChI=1S/C30H49N3O6S/c1-9-19(4)25(32-29(38)30(6,7)15-14-21-12-10-11-13-21)27(35)33(8)23(18(2)3)16-24(39-20(5)34)26-31-22(17-40-26)28(36)37/h17-19,21,23-25H,9-16H2,1-8H3,(H,32,38)(H,36,37)/t19-,23+,24+,25-/m0/s1. The Balaban J connectivity index is 2.23. The molecule has 226 valence electrons. The van der Waals surface area contributed by atoms with Crippen molar-refractivity contribution in [3.63, 3.8) is 0 Å². The van der Waals surface area contributed by atoms with Gasteiger partial charge in [-0.05, 0) is 30.6 Å². The minimum Gasteiger partial charge on any atom is -0.476 e. The Bertz CT molecular complexity index is 1020. The van der Waals surface area contributed by atoms with Crippen molar-refractivity contribution in [1.29, 1.82) is 0 Å². The summed E-state index contributed by atoms with van der Waals surface area (Å²) >= 11 is 1.11. The van der Waals surface area contributed by atoms with Crippen LogP contribution in [0, 0.1) is 23.2 Å². The van der Waals surface area contributed by atoms with Crippen molar-refractivity contribution in [2.45, 2.75) is 118 Å². The van der Waals surface area contributed by atoms with Crippen LogP contribution in [-0.2, 0) is 19.1 Å². The molecule has 10 heteroatoms. The van der Waals surface area contributed by atoms with Gasteiger partial charge in [0.05, 0.1) is 0 Å². The van der Waals surface area contributed by atoms with Gasteiger partial charge in [-0.25, -0.2) is 9.78 Å². The Kier molecular flexibility index (Phi) is 12.6. The van der Waals surface area contributed by atoms with E-state index >= 15 is 0 Å². The lowest BCUT2D eigenvalue weighted by Crippen LogP contribution is -2.56. The van der Waals surface area contributed by atoms with Crippen molar-refractivity contribution < 1.29 is 29.0 Å². The zero-order valence-electron chi connectivity index (χ0n) is 25.5. The SMILES string of the molecule is CC[C@H](C)[C@H](NC(=O)C(C)(C)CCC1CCCC1)C(=O)N(C)[C@H](C[C@@H](OC(C)=O)c1nc(C(=O)O)cs1)C(C)C. The first kappa shape index (κ1) is 33.7. The molecule has 0 spiro atoms. The summed E-state index contributed by atoms with van der Waals surface area (Å²) in [5.74, 6) is -1.39. The second-order valence-electron chi connectivity index (χ2n) is 12.4. The molecular weight excluding hydrogens is 530 g/mol. The quantitative estimate of drug-likeness (QED) is 0.250. The van der Waals surface area contributed by atoms with E-state index in [9.17, 15) is 24.3 Å². The first-order chi connectivity index (χ1) is 18.7. The number of carbonyl (C=O) groups is 4. The summed E-state index contributed by atoms with van der Waals surface area (Å²) in [5.41, 5.74) is -0.699. The highest BCUT2D eigenvalue weighted by Gasteiger charge is 2.38. The highest BCUT2D eigenvalue weighted by Crippen LogP contribution is 2.34. The van der Waals surface area contributed by atoms with Gasteiger partial charge >= 0.3 is 11.9 Å². The molecule has 1 fully saturated rings. The predicted molar refractivity (Wildman–Crippen MR) is 156 cm³/mol. The molecule has 0 unspecified atom stereocenters. The van der Waals surface area contributed by atoms with Crippen molar-refractivity contribution in [2.24, 2.45) is 23.2 Å². The summed E-state index contributed by atoms with van der Waals surface area (Å²) in [5, 5.41) is 14.2. The van der Waals surface area contributed by atoms with E-state index in [-0.39, 0.29) is 41.8 Å². The van der Waals surface area contributed by atoms with Crippen LogP contribution in [-0.4, -0.2) is 57.9 Å². The van der Waals surface area contributed by atoms with Gasteiger partial charge in [0.25, 0.3) is 0 Å². The Labute approximate surface area is 243 Å². The normalized spacial score (nSPS) is 17.2. The number of rotatable bonds is 15. The molecule has 4 atom stereocenters. The fourth-order valence-electron chi connectivity index (χ4n) is 5.41. The Hall–Kier alpha value is -2.49. The van der Waals surface area contributed by atoms with Crippen molar-refractivity contribution in [2.75, 3.05) is 7.05 Å². The molecular formula is C30H49N3O6S. The number of amides is 2. The maximum atomic E-state index is 14.0. The molecule has 1 heterocycles. The molecule has 1 aromatic rings. The average molecular weight is 580 g/mol. The van der Waals surface area contributed by atoms with E-state index in [1.54, 1.807) is 11.9 Å². The lowest BCUT2D eigenvalue weighted by molar-refractivity contribution is -0.149. The maximum absolute atomic E-state index is 14.0. The van der Waals surface area contributed by atoms with E-state index in [0.717, 1.165) is 24.2 Å². The molecule has 2 amide bonds. The van der Waals surface area contributed by atoms with Gasteiger partial charge in [-0.1, -0.05) is 73.6 Å². The molecule has 0 bridgehead atoms. The van der Waals surface area contributed by atoms with Crippen LogP contribution in [0.25, 0.3) is 0 Å². The minimum atomic E-state index is -1.16. The van der Waals surface area contributed by atoms with Crippen molar-refractivity contribution in [3.8, 4) is 0 Å². The number of thiazole rings is 1. The van der Waals surface area contributed by atoms with E-state index < -0.39 is 29.5 Å². The number of carbonyl (C=O) groups excluding carboxylic acids is 3. The van der Waals surface area contributed by atoms with Crippen LogP contribution >= 0.6 is 11.3 Å². The minimum absolute atomic E-state index is 0.0120. The number of ether oxygens (including phenoxy) is 1. The number of aromatic nitrogens is 1. The van der Waals surface area contributed by atoms with Gasteiger partial charge in [-0.2, -0.15) is 0 Å². The topological polar surface area (TPSA) is 126 Å². The summed E-state index contributed by atoms with van der Waals surface area (Å²) < 4.78 is 5.56. The first-order valence-electron chi connectivity index (χ1n) is 14.6. The first-order valence-corrected chi connectivity index (χ1v) is 15.5. The third-order valence-corrected chi connectivity index (χ3v) is 9.36. The van der Waals surface area contributed by atoms with E-state index in [2.05, 4.69) is 10.3 Å². The molecule has 0 radical (unpaired) electrons. The number of nitrogens with one attached hydrogen (secondary N) is 1. The fraction of sp³-hybridized carbons (Fsp3) is 0.767. The largest absolute Gasteiger partial charge is 0.476 e. The molecule has 2 N–H and O–H groups in total. The van der Waals surface area contributed by atoms with E-state index in [4.69, 9.17) is 4.74 Å². The number of carboxylic acid groups (broad SMARTS) is 1. The van der Waals surface area contributed by atoms with E-state index in [1.807, 2.05) is 41.5 Å². The van der Waals surface area contributed by atoms with E-state index in [0.29, 0.717) is 17.3 Å². The number of carboxylic acids is 1. The second-order valence-corrected chi connectivity index (χ2v) is 13.3. The van der Waals surface area contributed by atoms with Gasteiger partial charge < -0.3 is 20.1 Å². The van der Waals surface area contributed by atoms with Gasteiger partial charge in [-0.15, -0.1) is 11.3 Å². The molecule has 0 saturated heterocycles. The van der Waals surface area contributed by atoms with Crippen LogP contribution in [0.3, 0.4) is 0 Å². The summed E-state index contributed by atoms with van der Waals surface area (Å²) in [7, 11) is 1.72. The predicted octanol–water partition coefficient (Wildman–Crippen LogP) is 5.85. The number of esters is 1. The summed E-state index contributed by atoms with van der Waals surface area (Å²) in [4.78, 5) is 56.5. The molecule has 1 aromatic heterocycles. The van der Waals surface area contributed by atoms with Crippen LogP contribution in [0.4, 0.5) is 0 Å². The van der Waals surface area contributed by atoms with Crippen LogP contribution in [0.5, 0.6) is 0 Å². The highest BCUT2D eigenvalue weighted by atomic mass is 32.1. The monoisotopic (exact) mass is 579 g/mol. The lowest BCUT2D eigenvalue weighted by atomic mass is 9.82. The smallest absolute Gasteiger partial charge is 0.355 e. The number of hydrogen-bond donors (Lipinski definition) is 2. The molecule has 40 heavy (non-hydrogen) atoms. The second kappa shape index (κ2) is 14.9. The van der Waals surface area contributed by atoms with E-state index in [1.165, 1.54) is 38.0 Å². The van der Waals surface area contributed by atoms with Crippen molar-refractivity contribution >= 4 is 35.1 Å². The van der Waals surface area contributed by atoms with Gasteiger partial charge in [-0.3, -0.25) is 14.4 Å². The molecule has 2 rings (SSSR count). The van der Waals surface area contributed by atoms with Gasteiger partial charge in [0.2, 0.25) is 11.8 Å². The lowest BCUT2D eigenvalue weighted by Gasteiger charge is -2.38. The summed E-state index contributed by atoms with van der Waals surface area (Å²) in [6.45, 7) is 13.1.